The summed E-state index contributed by atoms with van der Waals surface area (Å²) in [6.45, 7) is 12.3. The quantitative estimate of drug-likeness (QED) is 0.167. The molecule has 3 fully saturated rings. The summed E-state index contributed by atoms with van der Waals surface area (Å²) in [5, 5.41) is 26.8. The lowest BCUT2D eigenvalue weighted by Gasteiger charge is -2.58. The number of hydrogen-bond donors (Lipinski definition) is 1. The number of nitrogens with zero attached hydrogens (tertiary/aromatic N) is 7. The van der Waals surface area contributed by atoms with Gasteiger partial charge in [-0.2, -0.15) is 15.3 Å². The van der Waals surface area contributed by atoms with Gasteiger partial charge in [0.1, 0.15) is 12.3 Å². The molecule has 1 spiro atoms. The Hall–Kier alpha value is -4.42. The van der Waals surface area contributed by atoms with E-state index in [9.17, 15) is 14.7 Å². The van der Waals surface area contributed by atoms with E-state index in [0.717, 1.165) is 94.2 Å². The topological polar surface area (TPSA) is 130 Å². The SMILES string of the molecule is CC(=O)OCCn1cc2cc(-c3nn(C4CC5(C4)CN(C(=O)O)C5)c(C)c3-c3c(Cl)c(C)cc4c3cnn4C3CCCCO3)ccc2n1.CCC. The second kappa shape index (κ2) is 14.0. The summed E-state index contributed by atoms with van der Waals surface area (Å²) in [6.07, 6.45) is 8.94. The number of carbonyl (C=O) groups excluding carboxylic acids is 1. The van der Waals surface area contributed by atoms with Gasteiger partial charge in [0, 0.05) is 71.4 Å². The van der Waals surface area contributed by atoms with Gasteiger partial charge in [0.2, 0.25) is 0 Å². The van der Waals surface area contributed by atoms with Gasteiger partial charge in [-0.15, -0.1) is 0 Å². The zero-order valence-corrected chi connectivity index (χ0v) is 30.7. The van der Waals surface area contributed by atoms with Gasteiger partial charge in [-0.1, -0.05) is 37.9 Å². The molecule has 8 rings (SSSR count). The summed E-state index contributed by atoms with van der Waals surface area (Å²) in [6, 6.07) is 8.38. The molecule has 1 N–H and O–H groups in total. The maximum Gasteiger partial charge on any atom is 0.407 e. The van der Waals surface area contributed by atoms with Crippen molar-refractivity contribution in [3.05, 3.63) is 52.9 Å². The predicted molar refractivity (Wildman–Crippen MR) is 196 cm³/mol. The first-order chi connectivity index (χ1) is 24.5. The predicted octanol–water partition coefficient (Wildman–Crippen LogP) is 8.18. The number of ether oxygens (including phenoxy) is 2. The number of aryl methyl sites for hydroxylation is 1. The third kappa shape index (κ3) is 6.48. The van der Waals surface area contributed by atoms with Crippen LogP contribution in [0.5, 0.6) is 0 Å². The van der Waals surface area contributed by atoms with E-state index in [0.29, 0.717) is 24.7 Å². The molecule has 0 radical (unpaired) electrons. The lowest BCUT2D eigenvalue weighted by Crippen LogP contribution is -2.63. The summed E-state index contributed by atoms with van der Waals surface area (Å²) in [5.41, 5.74) is 7.40. The van der Waals surface area contributed by atoms with E-state index in [1.165, 1.54) is 18.2 Å². The molecule has 0 bridgehead atoms. The lowest BCUT2D eigenvalue weighted by molar-refractivity contribution is -0.141. The van der Waals surface area contributed by atoms with Crippen molar-refractivity contribution in [2.24, 2.45) is 5.41 Å². The Balaban J connectivity index is 0.00000131. The van der Waals surface area contributed by atoms with Gasteiger partial charge in [-0.3, -0.25) is 14.2 Å². The van der Waals surface area contributed by atoms with Crippen molar-refractivity contribution in [1.29, 1.82) is 0 Å². The molecular formula is C38H46ClN7O5. The van der Waals surface area contributed by atoms with Crippen LogP contribution in [0.15, 0.2) is 36.7 Å². The van der Waals surface area contributed by atoms with Gasteiger partial charge in [-0.25, -0.2) is 9.48 Å². The second-order valence-corrected chi connectivity index (χ2v) is 14.8. The van der Waals surface area contributed by atoms with Crippen LogP contribution in [0.25, 0.3) is 44.2 Å². The van der Waals surface area contributed by atoms with Crippen LogP contribution in [-0.4, -0.2) is 77.7 Å². The highest BCUT2D eigenvalue weighted by molar-refractivity contribution is 6.36. The Morgan fingerprint density at radius 3 is 2.53 bits per heavy atom. The molecule has 51 heavy (non-hydrogen) atoms. The highest BCUT2D eigenvalue weighted by Crippen LogP contribution is 2.55. The van der Waals surface area contributed by atoms with Crippen molar-refractivity contribution in [3.63, 3.8) is 0 Å². The van der Waals surface area contributed by atoms with Crippen molar-refractivity contribution in [2.75, 3.05) is 26.3 Å². The van der Waals surface area contributed by atoms with Crippen LogP contribution in [0, 0.1) is 19.3 Å². The molecule has 1 amide bonds. The van der Waals surface area contributed by atoms with Gasteiger partial charge in [0.05, 0.1) is 34.8 Å². The van der Waals surface area contributed by atoms with E-state index in [4.69, 9.17) is 31.3 Å². The maximum atomic E-state index is 11.5. The van der Waals surface area contributed by atoms with E-state index >= 15 is 0 Å². The number of esters is 1. The molecule has 13 heteroatoms. The first-order valence-corrected chi connectivity index (χ1v) is 18.4. The van der Waals surface area contributed by atoms with Crippen molar-refractivity contribution < 1.29 is 24.2 Å². The molecule has 1 saturated carbocycles. The summed E-state index contributed by atoms with van der Waals surface area (Å²) < 4.78 is 17.2. The zero-order chi connectivity index (χ0) is 36.0. The molecule has 1 unspecified atom stereocenters. The largest absolute Gasteiger partial charge is 0.465 e. The minimum atomic E-state index is -0.855. The van der Waals surface area contributed by atoms with Crippen LogP contribution >= 0.6 is 11.6 Å². The first-order valence-electron chi connectivity index (χ1n) is 18.0. The van der Waals surface area contributed by atoms with Crippen LogP contribution < -0.4 is 0 Å². The molecule has 12 nitrogen and oxygen atoms in total. The summed E-state index contributed by atoms with van der Waals surface area (Å²) in [5.74, 6) is -0.317. The van der Waals surface area contributed by atoms with Gasteiger partial charge >= 0.3 is 12.1 Å². The molecule has 2 aromatic carbocycles. The monoisotopic (exact) mass is 715 g/mol. The summed E-state index contributed by atoms with van der Waals surface area (Å²) >= 11 is 7.25. The highest BCUT2D eigenvalue weighted by atomic mass is 35.5. The number of amides is 1. The number of carboxylic acid groups (broad SMARTS) is 1. The second-order valence-electron chi connectivity index (χ2n) is 14.4. The Morgan fingerprint density at radius 1 is 1.08 bits per heavy atom. The molecule has 1 atom stereocenters. The van der Waals surface area contributed by atoms with Gasteiger partial charge in [0.15, 0.2) is 6.23 Å². The lowest BCUT2D eigenvalue weighted by atomic mass is 9.61. The molecule has 3 aliphatic rings. The van der Waals surface area contributed by atoms with Crippen molar-refractivity contribution in [3.8, 4) is 22.4 Å². The number of carbonyl (C=O) groups is 2. The molecule has 5 aromatic rings. The average Bonchev–Trinajstić information content (AvgIpc) is 3.76. The molecule has 5 heterocycles. The minimum absolute atomic E-state index is 0.0246. The number of likely N-dealkylation sites (tertiary alicyclic amines) is 1. The van der Waals surface area contributed by atoms with E-state index in [-0.39, 0.29) is 30.3 Å². The van der Waals surface area contributed by atoms with Crippen molar-refractivity contribution in [2.45, 2.75) is 92.0 Å². The number of halogens is 1. The van der Waals surface area contributed by atoms with E-state index in [2.05, 4.69) is 42.7 Å². The zero-order valence-electron chi connectivity index (χ0n) is 30.0. The molecule has 1 aliphatic carbocycles. The Bertz CT molecular complexity index is 2100. The van der Waals surface area contributed by atoms with Gasteiger partial charge in [0.25, 0.3) is 0 Å². The van der Waals surface area contributed by atoms with Crippen LogP contribution in [0.4, 0.5) is 4.79 Å². The fraction of sp³-hybridized carbons (Fsp3) is 0.500. The first kappa shape index (κ1) is 35.0. The molecule has 270 valence electrons. The van der Waals surface area contributed by atoms with E-state index in [1.54, 1.807) is 4.68 Å². The number of fused-ring (bicyclic) bond motifs is 2. The van der Waals surface area contributed by atoms with E-state index < -0.39 is 6.09 Å². The van der Waals surface area contributed by atoms with Crippen LogP contribution in [-0.2, 0) is 20.8 Å². The van der Waals surface area contributed by atoms with Crippen LogP contribution in [0.3, 0.4) is 0 Å². The van der Waals surface area contributed by atoms with Crippen LogP contribution in [0.1, 0.15) is 82.8 Å². The standard InChI is InChI=1S/C35H38ClN7O5.C3H8/c1-20-12-28-26(16-37-43(28)29-6-4-5-10-48-29)31(32(20)36)30-21(2)42(25-14-35(15-25)18-40(19-35)34(45)46)39-33(30)23-7-8-27-24(13-23)17-41(38-27)9-11-47-22(3)44;1-3-2/h7-8,12-13,16-17,25,29H,4-6,9-11,14-15,18-19H2,1-3H3,(H,45,46);3H2,1-2H3. The van der Waals surface area contributed by atoms with Crippen molar-refractivity contribution in [1.82, 2.24) is 34.2 Å². The maximum absolute atomic E-state index is 11.5. The summed E-state index contributed by atoms with van der Waals surface area (Å²) in [7, 11) is 0. The normalized spacial score (nSPS) is 18.4. The average molecular weight is 716 g/mol. The van der Waals surface area contributed by atoms with E-state index in [1.807, 2.05) is 36.1 Å². The Kier molecular flexibility index (Phi) is 9.57. The molecular weight excluding hydrogens is 670 g/mol. The minimum Gasteiger partial charge on any atom is -0.465 e. The fourth-order valence-electron chi connectivity index (χ4n) is 7.95. The summed E-state index contributed by atoms with van der Waals surface area (Å²) in [4.78, 5) is 24.2. The van der Waals surface area contributed by atoms with Gasteiger partial charge < -0.3 is 19.5 Å². The van der Waals surface area contributed by atoms with Gasteiger partial charge in [-0.05, 0) is 69.7 Å². The number of aromatic nitrogens is 6. The van der Waals surface area contributed by atoms with Crippen molar-refractivity contribution >= 4 is 45.5 Å². The number of hydrogen-bond acceptors (Lipinski definition) is 7. The molecule has 3 aromatic heterocycles. The highest BCUT2D eigenvalue weighted by Gasteiger charge is 2.55. The third-order valence-electron chi connectivity index (χ3n) is 10.3. The Labute approximate surface area is 302 Å². The number of benzene rings is 2. The molecule has 2 saturated heterocycles. The third-order valence-corrected chi connectivity index (χ3v) is 10.8. The smallest absolute Gasteiger partial charge is 0.407 e. The Morgan fingerprint density at radius 2 is 1.84 bits per heavy atom. The van der Waals surface area contributed by atoms with Crippen LogP contribution in [0.2, 0.25) is 5.02 Å². The number of rotatable bonds is 7. The molecule has 2 aliphatic heterocycles. The fourth-order valence-corrected chi connectivity index (χ4v) is 8.20.